The average Bonchev–Trinajstić information content (AvgIpc) is 3.37. The van der Waals surface area contributed by atoms with E-state index in [9.17, 15) is 4.79 Å². The van der Waals surface area contributed by atoms with Crippen molar-refractivity contribution in [3.63, 3.8) is 0 Å². The topological polar surface area (TPSA) is 50.6 Å². The fraction of sp³-hybridized carbons (Fsp3) is 0.481. The quantitative estimate of drug-likeness (QED) is 0.543. The third kappa shape index (κ3) is 4.42. The highest BCUT2D eigenvalue weighted by atomic mass is 16.5. The van der Waals surface area contributed by atoms with Crippen molar-refractivity contribution < 1.29 is 9.53 Å². The van der Waals surface area contributed by atoms with Gasteiger partial charge in [0.25, 0.3) is 0 Å². The van der Waals surface area contributed by atoms with Gasteiger partial charge >= 0.3 is 5.97 Å². The number of fused-ring (bicyclic) bond motifs is 1. The Morgan fingerprint density at radius 3 is 2.67 bits per heavy atom. The van der Waals surface area contributed by atoms with Crippen LogP contribution in [0.4, 0.5) is 0 Å². The third-order valence-electron chi connectivity index (χ3n) is 7.83. The molecule has 2 aliphatic heterocycles. The van der Waals surface area contributed by atoms with Gasteiger partial charge in [0.2, 0.25) is 0 Å². The Morgan fingerprint density at radius 1 is 1.12 bits per heavy atom. The molecule has 0 N–H and O–H groups in total. The molecule has 4 heterocycles. The van der Waals surface area contributed by atoms with Crippen molar-refractivity contribution in [2.45, 2.75) is 25.8 Å². The molecule has 0 saturated carbocycles. The molecule has 6 nitrogen and oxygen atoms in total. The van der Waals surface area contributed by atoms with Gasteiger partial charge in [-0.05, 0) is 55.6 Å². The van der Waals surface area contributed by atoms with Crippen LogP contribution in [0.15, 0.2) is 54.9 Å². The van der Waals surface area contributed by atoms with Crippen LogP contribution >= 0.6 is 0 Å². The molecule has 0 bridgehead atoms. The van der Waals surface area contributed by atoms with Crippen LogP contribution in [-0.2, 0) is 29.5 Å². The van der Waals surface area contributed by atoms with Gasteiger partial charge in [-0.3, -0.25) is 9.69 Å². The Morgan fingerprint density at radius 2 is 1.91 bits per heavy atom. The molecule has 3 aromatic rings. The van der Waals surface area contributed by atoms with Gasteiger partial charge in [-0.2, -0.15) is 0 Å². The minimum Gasteiger partial charge on any atom is -0.469 e. The van der Waals surface area contributed by atoms with Crippen molar-refractivity contribution in [3.8, 4) is 0 Å². The molecular weight excluding hydrogens is 412 g/mol. The first-order chi connectivity index (χ1) is 16.1. The number of aryl methyl sites for hydroxylation is 1. The Kier molecular flexibility index (Phi) is 6.21. The van der Waals surface area contributed by atoms with Crippen LogP contribution in [-0.4, -0.2) is 65.2 Å². The number of methoxy groups -OCH3 is 1. The predicted molar refractivity (Wildman–Crippen MR) is 130 cm³/mol. The predicted octanol–water partition coefficient (Wildman–Crippen LogP) is 3.50. The third-order valence-corrected chi connectivity index (χ3v) is 7.83. The molecule has 1 spiro atoms. The van der Waals surface area contributed by atoms with E-state index in [0.29, 0.717) is 0 Å². The lowest BCUT2D eigenvalue weighted by atomic mass is 9.70. The highest BCUT2D eigenvalue weighted by Crippen LogP contribution is 2.45. The maximum absolute atomic E-state index is 12.8. The van der Waals surface area contributed by atoms with Crippen LogP contribution in [0, 0.1) is 11.3 Å². The first-order valence-corrected chi connectivity index (χ1v) is 12.0. The summed E-state index contributed by atoms with van der Waals surface area (Å²) >= 11 is 0. The van der Waals surface area contributed by atoms with Crippen molar-refractivity contribution in [2.24, 2.45) is 18.4 Å². The van der Waals surface area contributed by atoms with Gasteiger partial charge in [-0.1, -0.05) is 30.3 Å². The summed E-state index contributed by atoms with van der Waals surface area (Å²) in [5, 5.41) is 1.24. The molecule has 1 atom stereocenters. The lowest BCUT2D eigenvalue weighted by Crippen LogP contribution is -2.46. The molecule has 1 unspecified atom stereocenters. The van der Waals surface area contributed by atoms with E-state index in [4.69, 9.17) is 4.74 Å². The number of nitrogens with zero attached hydrogens (tertiary/aromatic N) is 4. The second kappa shape index (κ2) is 9.27. The Bertz CT molecular complexity index is 1100. The number of carbonyl (C=O) groups excluding carboxylic acids is 1. The molecule has 2 fully saturated rings. The molecule has 174 valence electrons. The SMILES string of the molecule is COC(=O)C1CN(CCc2ccccc2)CC12CCN(Cc1cn(C)c3ncccc13)CC2. The number of carbonyl (C=O) groups is 1. The fourth-order valence-electron chi connectivity index (χ4n) is 5.96. The summed E-state index contributed by atoms with van der Waals surface area (Å²) in [5.74, 6) is -0.0621. The zero-order chi connectivity index (χ0) is 22.8. The minimum absolute atomic E-state index is 0.0258. The molecule has 6 heteroatoms. The van der Waals surface area contributed by atoms with E-state index < -0.39 is 0 Å². The van der Waals surface area contributed by atoms with E-state index in [0.717, 1.165) is 64.2 Å². The van der Waals surface area contributed by atoms with E-state index in [2.05, 4.69) is 69.0 Å². The molecule has 2 aromatic heterocycles. The number of hydrogen-bond donors (Lipinski definition) is 0. The van der Waals surface area contributed by atoms with Crippen LogP contribution in [0.1, 0.15) is 24.0 Å². The molecular formula is C27H34N4O2. The van der Waals surface area contributed by atoms with Crippen LogP contribution < -0.4 is 0 Å². The number of rotatable bonds is 6. The van der Waals surface area contributed by atoms with Crippen molar-refractivity contribution in [3.05, 3.63) is 66.0 Å². The highest BCUT2D eigenvalue weighted by molar-refractivity contribution is 5.80. The van der Waals surface area contributed by atoms with Crippen LogP contribution in [0.25, 0.3) is 11.0 Å². The van der Waals surface area contributed by atoms with Gasteiger partial charge in [-0.15, -0.1) is 0 Å². The maximum atomic E-state index is 12.8. The Balaban J connectivity index is 1.25. The molecule has 5 rings (SSSR count). The Labute approximate surface area is 196 Å². The number of likely N-dealkylation sites (tertiary alicyclic amines) is 2. The average molecular weight is 447 g/mol. The van der Waals surface area contributed by atoms with Gasteiger partial charge < -0.3 is 14.2 Å². The summed E-state index contributed by atoms with van der Waals surface area (Å²) < 4.78 is 7.37. The lowest BCUT2D eigenvalue weighted by Gasteiger charge is -2.41. The number of benzene rings is 1. The van der Waals surface area contributed by atoms with E-state index in [1.165, 1.54) is 23.6 Å². The summed E-state index contributed by atoms with van der Waals surface area (Å²) in [6.07, 6.45) is 7.16. The highest BCUT2D eigenvalue weighted by Gasteiger charge is 2.51. The number of esters is 1. The van der Waals surface area contributed by atoms with Crippen LogP contribution in [0.5, 0.6) is 0 Å². The first kappa shape index (κ1) is 22.1. The fourth-order valence-corrected chi connectivity index (χ4v) is 5.96. The summed E-state index contributed by atoms with van der Waals surface area (Å²) in [4.78, 5) is 22.3. The van der Waals surface area contributed by atoms with Crippen LogP contribution in [0.3, 0.4) is 0 Å². The van der Waals surface area contributed by atoms with Crippen molar-refractivity contribution in [1.29, 1.82) is 0 Å². The number of pyridine rings is 1. The zero-order valence-corrected chi connectivity index (χ0v) is 19.7. The van der Waals surface area contributed by atoms with Gasteiger partial charge in [0.05, 0.1) is 13.0 Å². The number of hydrogen-bond acceptors (Lipinski definition) is 5. The number of piperidine rings is 1. The maximum Gasteiger partial charge on any atom is 0.310 e. The zero-order valence-electron chi connectivity index (χ0n) is 19.7. The molecule has 1 aromatic carbocycles. The summed E-state index contributed by atoms with van der Waals surface area (Å²) in [6.45, 7) is 5.75. The molecule has 2 aliphatic rings. The minimum atomic E-state index is -0.0363. The summed E-state index contributed by atoms with van der Waals surface area (Å²) in [7, 11) is 3.60. The number of aromatic nitrogens is 2. The van der Waals surface area contributed by atoms with Crippen molar-refractivity contribution in [2.75, 3.05) is 39.8 Å². The van der Waals surface area contributed by atoms with Gasteiger partial charge in [0.15, 0.2) is 0 Å². The second-order valence-electron chi connectivity index (χ2n) is 9.82. The van der Waals surface area contributed by atoms with Crippen molar-refractivity contribution in [1.82, 2.24) is 19.4 Å². The first-order valence-electron chi connectivity index (χ1n) is 12.0. The lowest BCUT2D eigenvalue weighted by molar-refractivity contribution is -0.149. The normalized spacial score (nSPS) is 21.1. The van der Waals surface area contributed by atoms with E-state index in [1.807, 2.05) is 12.3 Å². The molecule has 0 aliphatic carbocycles. The van der Waals surface area contributed by atoms with Crippen LogP contribution in [0.2, 0.25) is 0 Å². The number of ether oxygens (including phenoxy) is 1. The smallest absolute Gasteiger partial charge is 0.310 e. The molecule has 2 saturated heterocycles. The van der Waals surface area contributed by atoms with Crippen molar-refractivity contribution >= 4 is 17.0 Å². The second-order valence-corrected chi connectivity index (χ2v) is 9.82. The van der Waals surface area contributed by atoms with Gasteiger partial charge in [0.1, 0.15) is 5.65 Å². The Hall–Kier alpha value is -2.70. The molecule has 0 radical (unpaired) electrons. The molecule has 33 heavy (non-hydrogen) atoms. The van der Waals surface area contributed by atoms with E-state index in [1.54, 1.807) is 0 Å². The monoisotopic (exact) mass is 446 g/mol. The summed E-state index contributed by atoms with van der Waals surface area (Å²) in [6, 6.07) is 14.8. The standard InChI is InChI=1S/C27H34N4O2/c1-29-17-22(23-9-6-13-28-25(23)29)18-30-15-11-27(12-16-30)20-31(19-24(27)26(32)33-2)14-10-21-7-4-3-5-8-21/h3-9,13,17,24H,10-12,14-16,18-20H2,1-2H3. The largest absolute Gasteiger partial charge is 0.469 e. The van der Waals surface area contributed by atoms with Gasteiger partial charge in [-0.25, -0.2) is 4.98 Å². The molecule has 0 amide bonds. The van der Waals surface area contributed by atoms with E-state index in [-0.39, 0.29) is 17.3 Å². The summed E-state index contributed by atoms with van der Waals surface area (Å²) in [5.41, 5.74) is 3.75. The van der Waals surface area contributed by atoms with Gasteiger partial charge in [0, 0.05) is 56.4 Å². The van der Waals surface area contributed by atoms with E-state index >= 15 is 0 Å².